The Morgan fingerprint density at radius 2 is 2.00 bits per heavy atom. The minimum Gasteiger partial charge on any atom is -0.505 e. The molecule has 0 fully saturated rings. The summed E-state index contributed by atoms with van der Waals surface area (Å²) in [5.74, 6) is -1.56. The van der Waals surface area contributed by atoms with E-state index in [2.05, 4.69) is 15.6 Å². The molecule has 7 heteroatoms. The molecular formula is C16H16FN3O3. The molecule has 0 saturated heterocycles. The number of aromatic hydroxyl groups is 1. The summed E-state index contributed by atoms with van der Waals surface area (Å²) in [4.78, 5) is 27.3. The number of carbonyl (C=O) groups is 2. The number of benzene rings is 1. The fourth-order valence-electron chi connectivity index (χ4n) is 1.99. The molecule has 2 aromatic rings. The number of hydrogen-bond acceptors (Lipinski definition) is 4. The highest BCUT2D eigenvalue weighted by Gasteiger charge is 2.10. The summed E-state index contributed by atoms with van der Waals surface area (Å²) in [6.45, 7) is 3.16. The second kappa shape index (κ2) is 6.87. The van der Waals surface area contributed by atoms with Crippen molar-refractivity contribution < 1.29 is 19.1 Å². The van der Waals surface area contributed by atoms with Gasteiger partial charge < -0.3 is 15.7 Å². The molecule has 0 aliphatic carbocycles. The van der Waals surface area contributed by atoms with Crippen molar-refractivity contribution in [3.05, 3.63) is 53.0 Å². The third-order valence-electron chi connectivity index (χ3n) is 2.98. The Bertz CT molecular complexity index is 762. The van der Waals surface area contributed by atoms with E-state index in [1.807, 2.05) is 0 Å². The number of pyridine rings is 1. The second-order valence-electron chi connectivity index (χ2n) is 5.03. The molecule has 0 radical (unpaired) electrons. The molecule has 0 saturated carbocycles. The molecule has 2 rings (SSSR count). The van der Waals surface area contributed by atoms with Gasteiger partial charge in [-0.3, -0.25) is 9.59 Å². The summed E-state index contributed by atoms with van der Waals surface area (Å²) in [5, 5.41) is 14.3. The monoisotopic (exact) mass is 317 g/mol. The molecule has 3 N–H and O–H groups in total. The van der Waals surface area contributed by atoms with E-state index in [1.165, 1.54) is 25.1 Å². The van der Waals surface area contributed by atoms with Crippen molar-refractivity contribution in [2.24, 2.45) is 0 Å². The Hall–Kier alpha value is -2.96. The average Bonchev–Trinajstić information content (AvgIpc) is 2.46. The van der Waals surface area contributed by atoms with E-state index in [1.54, 1.807) is 13.0 Å². The van der Waals surface area contributed by atoms with Crippen molar-refractivity contribution in [2.45, 2.75) is 20.4 Å². The number of hydrogen-bond donors (Lipinski definition) is 3. The fourth-order valence-corrected chi connectivity index (χ4v) is 1.99. The second-order valence-corrected chi connectivity index (χ2v) is 5.03. The van der Waals surface area contributed by atoms with Crippen molar-refractivity contribution in [3.8, 4) is 5.75 Å². The predicted octanol–water partition coefficient (Wildman–Crippen LogP) is 2.12. The third kappa shape index (κ3) is 4.50. The normalized spacial score (nSPS) is 10.2. The number of aromatic nitrogens is 1. The van der Waals surface area contributed by atoms with Crippen LogP contribution in [0.4, 0.5) is 10.2 Å². The number of halogens is 1. The van der Waals surface area contributed by atoms with Gasteiger partial charge in [-0.2, -0.15) is 0 Å². The lowest BCUT2D eigenvalue weighted by molar-refractivity contribution is -0.114. The van der Waals surface area contributed by atoms with E-state index < -0.39 is 11.6 Å². The van der Waals surface area contributed by atoms with Crippen LogP contribution in [-0.2, 0) is 11.3 Å². The minimum atomic E-state index is -0.746. The van der Waals surface area contributed by atoms with E-state index in [-0.39, 0.29) is 18.4 Å². The van der Waals surface area contributed by atoms with Crippen molar-refractivity contribution >= 4 is 17.6 Å². The number of phenolic OH excluding ortho intramolecular Hbond substituents is 1. The van der Waals surface area contributed by atoms with Crippen molar-refractivity contribution in [1.29, 1.82) is 0 Å². The molecular weight excluding hydrogens is 301 g/mol. The summed E-state index contributed by atoms with van der Waals surface area (Å²) in [7, 11) is 0. The standard InChI is InChI=1S/C16H16FN3O3/c1-9-5-12(7-15(19-9)20-10(2)21)16(23)18-8-11-3-4-14(22)13(17)6-11/h3-7,22H,8H2,1-2H3,(H,18,23)(H,19,20,21). The number of rotatable bonds is 4. The van der Waals surface area contributed by atoms with E-state index in [9.17, 15) is 14.0 Å². The SMILES string of the molecule is CC(=O)Nc1cc(C(=O)NCc2ccc(O)c(F)c2)cc(C)n1. The maximum Gasteiger partial charge on any atom is 0.251 e. The highest BCUT2D eigenvalue weighted by Crippen LogP contribution is 2.16. The molecule has 0 unspecified atom stereocenters. The maximum absolute atomic E-state index is 13.2. The molecule has 0 aliphatic rings. The van der Waals surface area contributed by atoms with Gasteiger partial charge in [0.2, 0.25) is 5.91 Å². The van der Waals surface area contributed by atoms with Crippen LogP contribution in [0.1, 0.15) is 28.5 Å². The van der Waals surface area contributed by atoms with Gasteiger partial charge in [-0.25, -0.2) is 9.37 Å². The number of carbonyl (C=O) groups excluding carboxylic acids is 2. The summed E-state index contributed by atoms with van der Waals surface area (Å²) in [6.07, 6.45) is 0. The zero-order valence-electron chi connectivity index (χ0n) is 12.7. The van der Waals surface area contributed by atoms with E-state index in [4.69, 9.17) is 5.11 Å². The molecule has 2 amide bonds. The third-order valence-corrected chi connectivity index (χ3v) is 2.98. The molecule has 23 heavy (non-hydrogen) atoms. The average molecular weight is 317 g/mol. The van der Waals surface area contributed by atoms with Crippen LogP contribution in [0.15, 0.2) is 30.3 Å². The van der Waals surface area contributed by atoms with E-state index in [0.717, 1.165) is 6.07 Å². The zero-order valence-corrected chi connectivity index (χ0v) is 12.7. The van der Waals surface area contributed by atoms with Crippen LogP contribution >= 0.6 is 0 Å². The Kier molecular flexibility index (Phi) is 4.90. The van der Waals surface area contributed by atoms with Crippen LogP contribution in [0.3, 0.4) is 0 Å². The summed E-state index contributed by atoms with van der Waals surface area (Å²) >= 11 is 0. The van der Waals surface area contributed by atoms with Gasteiger partial charge in [-0.15, -0.1) is 0 Å². The van der Waals surface area contributed by atoms with Crippen LogP contribution in [0.5, 0.6) is 5.75 Å². The summed E-state index contributed by atoms with van der Waals surface area (Å²) in [5.41, 5.74) is 1.43. The number of amides is 2. The number of nitrogens with one attached hydrogen (secondary N) is 2. The van der Waals surface area contributed by atoms with Crippen molar-refractivity contribution in [3.63, 3.8) is 0 Å². The fraction of sp³-hybridized carbons (Fsp3) is 0.188. The number of nitrogens with zero attached hydrogens (tertiary/aromatic N) is 1. The summed E-state index contributed by atoms with van der Waals surface area (Å²) in [6, 6.07) is 6.93. The Labute approximate surface area is 132 Å². The van der Waals surface area contributed by atoms with Gasteiger partial charge in [0, 0.05) is 24.7 Å². The van der Waals surface area contributed by atoms with Crippen LogP contribution in [0, 0.1) is 12.7 Å². The number of anilines is 1. The molecule has 0 aliphatic heterocycles. The number of phenols is 1. The molecule has 0 atom stereocenters. The topological polar surface area (TPSA) is 91.3 Å². The van der Waals surface area contributed by atoms with Gasteiger partial charge in [-0.1, -0.05) is 6.07 Å². The molecule has 1 heterocycles. The molecule has 0 spiro atoms. The van der Waals surface area contributed by atoms with Gasteiger partial charge in [0.05, 0.1) is 0 Å². The van der Waals surface area contributed by atoms with Crippen LogP contribution in [0.25, 0.3) is 0 Å². The van der Waals surface area contributed by atoms with Gasteiger partial charge >= 0.3 is 0 Å². The molecule has 0 bridgehead atoms. The number of aryl methyl sites for hydroxylation is 1. The quantitative estimate of drug-likeness (QED) is 0.805. The lowest BCUT2D eigenvalue weighted by Crippen LogP contribution is -2.23. The van der Waals surface area contributed by atoms with Crippen LogP contribution in [0.2, 0.25) is 0 Å². The van der Waals surface area contributed by atoms with Gasteiger partial charge in [0.1, 0.15) is 5.82 Å². The smallest absolute Gasteiger partial charge is 0.251 e. The first-order chi connectivity index (χ1) is 10.8. The highest BCUT2D eigenvalue weighted by atomic mass is 19.1. The van der Waals surface area contributed by atoms with Gasteiger partial charge in [0.15, 0.2) is 11.6 Å². The highest BCUT2D eigenvalue weighted by molar-refractivity contribution is 5.96. The molecule has 120 valence electrons. The van der Waals surface area contributed by atoms with E-state index in [0.29, 0.717) is 22.6 Å². The first-order valence-electron chi connectivity index (χ1n) is 6.87. The van der Waals surface area contributed by atoms with Crippen molar-refractivity contribution in [2.75, 3.05) is 5.32 Å². The van der Waals surface area contributed by atoms with Crippen molar-refractivity contribution in [1.82, 2.24) is 10.3 Å². The Morgan fingerprint density at radius 1 is 1.26 bits per heavy atom. The maximum atomic E-state index is 13.2. The predicted molar refractivity (Wildman–Crippen MR) is 82.5 cm³/mol. The minimum absolute atomic E-state index is 0.104. The summed E-state index contributed by atoms with van der Waals surface area (Å²) < 4.78 is 13.2. The largest absolute Gasteiger partial charge is 0.505 e. The Morgan fingerprint density at radius 3 is 2.65 bits per heavy atom. The molecule has 6 nitrogen and oxygen atoms in total. The van der Waals surface area contributed by atoms with Crippen LogP contribution < -0.4 is 10.6 Å². The van der Waals surface area contributed by atoms with Gasteiger partial charge in [0.25, 0.3) is 5.91 Å². The lowest BCUT2D eigenvalue weighted by atomic mass is 10.2. The zero-order chi connectivity index (χ0) is 17.0. The van der Waals surface area contributed by atoms with Gasteiger partial charge in [-0.05, 0) is 36.8 Å². The first kappa shape index (κ1) is 16.4. The molecule has 1 aromatic heterocycles. The lowest BCUT2D eigenvalue weighted by Gasteiger charge is -2.09. The molecule has 1 aromatic carbocycles. The Balaban J connectivity index is 2.09. The first-order valence-corrected chi connectivity index (χ1v) is 6.87. The van der Waals surface area contributed by atoms with Crippen LogP contribution in [-0.4, -0.2) is 21.9 Å². The van der Waals surface area contributed by atoms with E-state index >= 15 is 0 Å².